The summed E-state index contributed by atoms with van der Waals surface area (Å²) in [6.07, 6.45) is 0.0674. The number of anilines is 1. The standard InChI is InChI=1S/C23H21BrN2O4/c1-15-11-18(24)9-10-20(15)26-21(27)13-25-22(28)14-30-23(29)12-17-7-4-6-16-5-2-3-8-19(16)17/h2-11H,12-14H2,1H3,(H,25,28)(H,26,27). The lowest BCUT2D eigenvalue weighted by molar-refractivity contribution is -0.147. The maximum absolute atomic E-state index is 12.1. The summed E-state index contributed by atoms with van der Waals surface area (Å²) in [5, 5.41) is 7.18. The van der Waals surface area contributed by atoms with Crippen molar-refractivity contribution in [3.05, 3.63) is 76.3 Å². The first-order valence-electron chi connectivity index (χ1n) is 9.37. The highest BCUT2D eigenvalue weighted by Crippen LogP contribution is 2.20. The molecule has 0 unspecified atom stereocenters. The zero-order valence-electron chi connectivity index (χ0n) is 16.4. The predicted octanol–water partition coefficient (Wildman–Crippen LogP) is 3.75. The van der Waals surface area contributed by atoms with Crippen LogP contribution in [0, 0.1) is 6.92 Å². The van der Waals surface area contributed by atoms with Gasteiger partial charge in [0.15, 0.2) is 6.61 Å². The molecule has 0 atom stereocenters. The molecule has 6 nitrogen and oxygen atoms in total. The highest BCUT2D eigenvalue weighted by Gasteiger charge is 2.12. The van der Waals surface area contributed by atoms with Crippen molar-refractivity contribution in [2.75, 3.05) is 18.5 Å². The van der Waals surface area contributed by atoms with Gasteiger partial charge >= 0.3 is 5.97 Å². The molecule has 3 aromatic rings. The molecule has 0 saturated heterocycles. The highest BCUT2D eigenvalue weighted by atomic mass is 79.9. The second-order valence-electron chi connectivity index (χ2n) is 6.76. The number of halogens is 1. The maximum atomic E-state index is 12.1. The Hall–Kier alpha value is -3.19. The second-order valence-corrected chi connectivity index (χ2v) is 7.68. The fourth-order valence-electron chi connectivity index (χ4n) is 2.99. The van der Waals surface area contributed by atoms with E-state index < -0.39 is 18.5 Å². The molecule has 0 heterocycles. The average Bonchev–Trinajstić information content (AvgIpc) is 2.73. The zero-order valence-corrected chi connectivity index (χ0v) is 18.0. The fraction of sp³-hybridized carbons (Fsp3) is 0.174. The van der Waals surface area contributed by atoms with E-state index in [9.17, 15) is 14.4 Å². The van der Waals surface area contributed by atoms with E-state index >= 15 is 0 Å². The van der Waals surface area contributed by atoms with Gasteiger partial charge in [-0.05, 0) is 47.0 Å². The molecule has 2 amide bonds. The maximum Gasteiger partial charge on any atom is 0.310 e. The van der Waals surface area contributed by atoms with Crippen LogP contribution < -0.4 is 10.6 Å². The normalized spacial score (nSPS) is 10.5. The first-order chi connectivity index (χ1) is 14.4. The lowest BCUT2D eigenvalue weighted by Gasteiger charge is -2.10. The Labute approximate surface area is 182 Å². The average molecular weight is 469 g/mol. The number of hydrogen-bond donors (Lipinski definition) is 2. The van der Waals surface area contributed by atoms with Crippen LogP contribution in [0.15, 0.2) is 65.1 Å². The number of carbonyl (C=O) groups excluding carboxylic acids is 3. The first-order valence-corrected chi connectivity index (χ1v) is 10.2. The summed E-state index contributed by atoms with van der Waals surface area (Å²) >= 11 is 3.36. The van der Waals surface area contributed by atoms with Crippen LogP contribution >= 0.6 is 15.9 Å². The van der Waals surface area contributed by atoms with Crippen LogP contribution in [0.4, 0.5) is 5.69 Å². The molecular weight excluding hydrogens is 448 g/mol. The smallest absolute Gasteiger partial charge is 0.310 e. The lowest BCUT2D eigenvalue weighted by atomic mass is 10.0. The van der Waals surface area contributed by atoms with Crippen LogP contribution in [0.3, 0.4) is 0 Å². The van der Waals surface area contributed by atoms with E-state index in [0.29, 0.717) is 5.69 Å². The van der Waals surface area contributed by atoms with Gasteiger partial charge in [0.05, 0.1) is 13.0 Å². The van der Waals surface area contributed by atoms with Gasteiger partial charge in [-0.3, -0.25) is 14.4 Å². The van der Waals surface area contributed by atoms with Crippen LogP contribution in [-0.2, 0) is 25.5 Å². The van der Waals surface area contributed by atoms with Gasteiger partial charge in [0.1, 0.15) is 0 Å². The number of hydrogen-bond acceptors (Lipinski definition) is 4. The fourth-order valence-corrected chi connectivity index (χ4v) is 3.47. The molecule has 7 heteroatoms. The minimum absolute atomic E-state index is 0.0674. The molecule has 154 valence electrons. The largest absolute Gasteiger partial charge is 0.455 e. The van der Waals surface area contributed by atoms with Gasteiger partial charge in [0.25, 0.3) is 5.91 Å². The number of amides is 2. The predicted molar refractivity (Wildman–Crippen MR) is 119 cm³/mol. The van der Waals surface area contributed by atoms with Crippen molar-refractivity contribution >= 4 is 50.2 Å². The Bertz CT molecular complexity index is 1090. The molecule has 0 aliphatic carbocycles. The van der Waals surface area contributed by atoms with Crippen molar-refractivity contribution in [2.45, 2.75) is 13.3 Å². The molecule has 0 fully saturated rings. The topological polar surface area (TPSA) is 84.5 Å². The number of rotatable bonds is 7. The van der Waals surface area contributed by atoms with Crippen molar-refractivity contribution in [2.24, 2.45) is 0 Å². The summed E-state index contributed by atoms with van der Waals surface area (Å²) in [6, 6.07) is 18.9. The number of carbonyl (C=O) groups is 3. The van der Waals surface area contributed by atoms with E-state index in [-0.39, 0.29) is 18.9 Å². The van der Waals surface area contributed by atoms with Crippen molar-refractivity contribution < 1.29 is 19.1 Å². The Balaban J connectivity index is 1.44. The molecule has 0 spiro atoms. The molecule has 30 heavy (non-hydrogen) atoms. The van der Waals surface area contributed by atoms with Crippen LogP contribution in [0.1, 0.15) is 11.1 Å². The van der Waals surface area contributed by atoms with Gasteiger partial charge in [-0.25, -0.2) is 0 Å². The van der Waals surface area contributed by atoms with Crippen molar-refractivity contribution in [3.8, 4) is 0 Å². The monoisotopic (exact) mass is 468 g/mol. The van der Waals surface area contributed by atoms with Crippen LogP contribution in [0.5, 0.6) is 0 Å². The first kappa shape index (κ1) is 21.5. The molecule has 0 radical (unpaired) electrons. The van der Waals surface area contributed by atoms with Gasteiger partial charge in [-0.1, -0.05) is 58.4 Å². The Morgan fingerprint density at radius 3 is 2.53 bits per heavy atom. The molecule has 2 N–H and O–H groups in total. The summed E-state index contributed by atoms with van der Waals surface area (Å²) in [4.78, 5) is 36.0. The minimum atomic E-state index is -0.538. The number of aryl methyl sites for hydroxylation is 1. The highest BCUT2D eigenvalue weighted by molar-refractivity contribution is 9.10. The summed E-state index contributed by atoms with van der Waals surface area (Å²) in [6.45, 7) is 1.22. The molecule has 0 bridgehead atoms. The number of esters is 1. The van der Waals surface area contributed by atoms with E-state index in [1.54, 1.807) is 6.07 Å². The van der Waals surface area contributed by atoms with Gasteiger partial charge in [0, 0.05) is 10.2 Å². The molecular formula is C23H21BrN2O4. The van der Waals surface area contributed by atoms with Gasteiger partial charge in [-0.15, -0.1) is 0 Å². The van der Waals surface area contributed by atoms with Crippen LogP contribution in [-0.4, -0.2) is 30.9 Å². The summed E-state index contributed by atoms with van der Waals surface area (Å²) in [5.74, 6) is -1.41. The number of benzene rings is 3. The van der Waals surface area contributed by atoms with Crippen molar-refractivity contribution in [1.29, 1.82) is 0 Å². The van der Waals surface area contributed by atoms with E-state index in [2.05, 4.69) is 26.6 Å². The number of ether oxygens (including phenoxy) is 1. The van der Waals surface area contributed by atoms with E-state index in [4.69, 9.17) is 4.74 Å². The molecule has 0 aromatic heterocycles. The Morgan fingerprint density at radius 2 is 1.73 bits per heavy atom. The summed E-state index contributed by atoms with van der Waals surface area (Å²) < 4.78 is 5.97. The van der Waals surface area contributed by atoms with Gasteiger partial charge in [-0.2, -0.15) is 0 Å². The van der Waals surface area contributed by atoms with E-state index in [1.165, 1.54) is 0 Å². The SMILES string of the molecule is Cc1cc(Br)ccc1NC(=O)CNC(=O)COC(=O)Cc1cccc2ccccc12. The number of nitrogens with one attached hydrogen (secondary N) is 2. The molecule has 0 saturated carbocycles. The van der Waals surface area contributed by atoms with Gasteiger partial charge < -0.3 is 15.4 Å². The van der Waals surface area contributed by atoms with Crippen LogP contribution in [0.25, 0.3) is 10.8 Å². The molecule has 3 rings (SSSR count). The van der Waals surface area contributed by atoms with Crippen LogP contribution in [0.2, 0.25) is 0 Å². The summed E-state index contributed by atoms with van der Waals surface area (Å²) in [5.41, 5.74) is 2.40. The molecule has 0 aliphatic heterocycles. The summed E-state index contributed by atoms with van der Waals surface area (Å²) in [7, 11) is 0. The zero-order chi connectivity index (χ0) is 21.5. The lowest BCUT2D eigenvalue weighted by Crippen LogP contribution is -2.35. The van der Waals surface area contributed by atoms with E-state index in [1.807, 2.05) is 61.5 Å². The third kappa shape index (κ3) is 5.90. The minimum Gasteiger partial charge on any atom is -0.455 e. The van der Waals surface area contributed by atoms with Gasteiger partial charge in [0.2, 0.25) is 5.91 Å². The van der Waals surface area contributed by atoms with Crippen molar-refractivity contribution in [1.82, 2.24) is 5.32 Å². The Morgan fingerprint density at radius 1 is 0.967 bits per heavy atom. The third-order valence-corrected chi connectivity index (χ3v) is 4.98. The van der Waals surface area contributed by atoms with Crippen molar-refractivity contribution in [3.63, 3.8) is 0 Å². The molecule has 0 aliphatic rings. The van der Waals surface area contributed by atoms with E-state index in [0.717, 1.165) is 26.4 Å². The molecule has 3 aromatic carbocycles. The Kier molecular flexibility index (Phi) is 7.19. The quantitative estimate of drug-likeness (QED) is 0.517. The third-order valence-electron chi connectivity index (χ3n) is 4.49. The second kappa shape index (κ2) is 10.0. The number of fused-ring (bicyclic) bond motifs is 1.